The molecule has 1 N–H and O–H groups in total. The molecule has 0 bridgehead atoms. The van der Waals surface area contributed by atoms with Gasteiger partial charge in [0.15, 0.2) is 11.5 Å². The lowest BCUT2D eigenvalue weighted by Gasteiger charge is -2.13. The predicted octanol–water partition coefficient (Wildman–Crippen LogP) is 4.18. The highest BCUT2D eigenvalue weighted by Crippen LogP contribution is 2.29. The zero-order valence-electron chi connectivity index (χ0n) is 17.4. The number of hydrogen-bond acceptors (Lipinski definition) is 4. The zero-order chi connectivity index (χ0) is 21.2. The largest absolute Gasteiger partial charge is 0.497 e. The van der Waals surface area contributed by atoms with Crippen LogP contribution in [0.2, 0.25) is 0 Å². The number of benzene rings is 3. The molecular formula is C25H27NO4. The van der Waals surface area contributed by atoms with Crippen molar-refractivity contribution in [1.82, 2.24) is 5.32 Å². The molecule has 0 heterocycles. The van der Waals surface area contributed by atoms with E-state index in [0.29, 0.717) is 37.5 Å². The highest BCUT2D eigenvalue weighted by atomic mass is 16.5. The van der Waals surface area contributed by atoms with Gasteiger partial charge in [0.25, 0.3) is 0 Å². The first-order chi connectivity index (χ1) is 14.7. The Morgan fingerprint density at radius 1 is 0.800 bits per heavy atom. The lowest BCUT2D eigenvalue weighted by atomic mass is 10.1. The van der Waals surface area contributed by atoms with Gasteiger partial charge in [0.2, 0.25) is 5.91 Å². The molecule has 1 amide bonds. The van der Waals surface area contributed by atoms with E-state index in [4.69, 9.17) is 14.2 Å². The molecule has 0 aliphatic rings. The zero-order valence-corrected chi connectivity index (χ0v) is 17.4. The maximum absolute atomic E-state index is 12.2. The summed E-state index contributed by atoms with van der Waals surface area (Å²) in [4.78, 5) is 12.2. The molecule has 0 aliphatic heterocycles. The Morgan fingerprint density at radius 3 is 2.23 bits per heavy atom. The fourth-order valence-corrected chi connectivity index (χ4v) is 3.06. The second-order valence-corrected chi connectivity index (χ2v) is 6.88. The Balaban J connectivity index is 1.51. The van der Waals surface area contributed by atoms with Crippen LogP contribution in [0.3, 0.4) is 0 Å². The van der Waals surface area contributed by atoms with Crippen molar-refractivity contribution in [2.45, 2.75) is 19.4 Å². The van der Waals surface area contributed by atoms with Gasteiger partial charge in [-0.05, 0) is 47.4 Å². The Bertz CT molecular complexity index is 939. The molecular weight excluding hydrogens is 378 g/mol. The van der Waals surface area contributed by atoms with Crippen LogP contribution in [0.1, 0.15) is 16.7 Å². The summed E-state index contributed by atoms with van der Waals surface area (Å²) in [7, 11) is 3.25. The van der Waals surface area contributed by atoms with Gasteiger partial charge < -0.3 is 19.5 Å². The molecule has 0 fully saturated rings. The summed E-state index contributed by atoms with van der Waals surface area (Å²) in [6.07, 6.45) is 1.05. The van der Waals surface area contributed by atoms with E-state index in [-0.39, 0.29) is 5.91 Å². The van der Waals surface area contributed by atoms with Gasteiger partial charge in [0.05, 0.1) is 20.6 Å². The molecule has 156 valence electrons. The number of amides is 1. The van der Waals surface area contributed by atoms with Gasteiger partial charge in [0, 0.05) is 6.54 Å². The molecule has 30 heavy (non-hydrogen) atoms. The molecule has 5 nitrogen and oxygen atoms in total. The summed E-state index contributed by atoms with van der Waals surface area (Å²) in [5.74, 6) is 2.17. The van der Waals surface area contributed by atoms with Crippen LogP contribution in [0.4, 0.5) is 0 Å². The quantitative estimate of drug-likeness (QED) is 0.550. The van der Waals surface area contributed by atoms with Crippen molar-refractivity contribution in [3.05, 3.63) is 89.5 Å². The second-order valence-electron chi connectivity index (χ2n) is 6.88. The number of hydrogen-bond donors (Lipinski definition) is 1. The van der Waals surface area contributed by atoms with Crippen LogP contribution in [0.15, 0.2) is 72.8 Å². The molecule has 5 heteroatoms. The Kier molecular flexibility index (Phi) is 7.72. The number of rotatable bonds is 10. The topological polar surface area (TPSA) is 56.8 Å². The van der Waals surface area contributed by atoms with E-state index in [9.17, 15) is 4.79 Å². The van der Waals surface area contributed by atoms with E-state index in [2.05, 4.69) is 5.32 Å². The molecule has 0 spiro atoms. The van der Waals surface area contributed by atoms with Crippen molar-refractivity contribution in [1.29, 1.82) is 0 Å². The van der Waals surface area contributed by atoms with Gasteiger partial charge in [-0.3, -0.25) is 4.79 Å². The van der Waals surface area contributed by atoms with Gasteiger partial charge >= 0.3 is 0 Å². The standard InChI is InChI=1S/C25H27NO4/c1-28-22-11-8-19(9-12-22)17-25(27)26-15-14-20-10-13-23(29-2)24(16-20)30-18-21-6-4-3-5-7-21/h3-13,16H,14-15,17-18H2,1-2H3,(H,26,27). The molecule has 0 saturated carbocycles. The van der Waals surface area contributed by atoms with E-state index in [1.165, 1.54) is 0 Å². The first-order valence-electron chi connectivity index (χ1n) is 9.91. The van der Waals surface area contributed by atoms with Gasteiger partial charge in [-0.15, -0.1) is 0 Å². The van der Waals surface area contributed by atoms with Crippen molar-refractivity contribution in [2.24, 2.45) is 0 Å². The van der Waals surface area contributed by atoms with Crippen LogP contribution < -0.4 is 19.5 Å². The highest BCUT2D eigenvalue weighted by molar-refractivity contribution is 5.78. The van der Waals surface area contributed by atoms with Crippen molar-refractivity contribution < 1.29 is 19.0 Å². The smallest absolute Gasteiger partial charge is 0.224 e. The Hall–Kier alpha value is -3.47. The summed E-state index contributed by atoms with van der Waals surface area (Å²) in [6, 6.07) is 23.4. The normalized spacial score (nSPS) is 10.3. The molecule has 3 aromatic carbocycles. The number of nitrogens with one attached hydrogen (secondary N) is 1. The van der Waals surface area contributed by atoms with Crippen LogP contribution in [0.5, 0.6) is 17.2 Å². The minimum Gasteiger partial charge on any atom is -0.497 e. The summed E-state index contributed by atoms with van der Waals surface area (Å²) in [6.45, 7) is 1.03. The number of ether oxygens (including phenoxy) is 3. The average Bonchev–Trinajstić information content (AvgIpc) is 2.79. The molecule has 3 rings (SSSR count). The minimum absolute atomic E-state index is 0.00534. The Morgan fingerprint density at radius 2 is 1.53 bits per heavy atom. The lowest BCUT2D eigenvalue weighted by Crippen LogP contribution is -2.27. The van der Waals surface area contributed by atoms with E-state index >= 15 is 0 Å². The third-order valence-electron chi connectivity index (χ3n) is 4.72. The van der Waals surface area contributed by atoms with Crippen molar-refractivity contribution >= 4 is 5.91 Å². The fourth-order valence-electron chi connectivity index (χ4n) is 3.06. The van der Waals surface area contributed by atoms with E-state index in [1.54, 1.807) is 14.2 Å². The summed E-state index contributed by atoms with van der Waals surface area (Å²) in [5, 5.41) is 2.97. The predicted molar refractivity (Wildman–Crippen MR) is 117 cm³/mol. The SMILES string of the molecule is COc1ccc(CC(=O)NCCc2ccc(OC)c(OCc3ccccc3)c2)cc1. The molecule has 0 aromatic heterocycles. The Labute approximate surface area is 177 Å². The number of carbonyl (C=O) groups is 1. The van der Waals surface area contributed by atoms with Crippen molar-refractivity contribution in [3.63, 3.8) is 0 Å². The third kappa shape index (κ3) is 6.27. The maximum Gasteiger partial charge on any atom is 0.224 e. The second kappa shape index (κ2) is 10.9. The van der Waals surface area contributed by atoms with Gasteiger partial charge in [0.1, 0.15) is 12.4 Å². The summed E-state index contributed by atoms with van der Waals surface area (Å²) in [5.41, 5.74) is 3.12. The van der Waals surface area contributed by atoms with Crippen molar-refractivity contribution in [2.75, 3.05) is 20.8 Å². The lowest BCUT2D eigenvalue weighted by molar-refractivity contribution is -0.120. The molecule has 0 atom stereocenters. The first-order valence-corrected chi connectivity index (χ1v) is 9.91. The van der Waals surface area contributed by atoms with Crippen LogP contribution in [0, 0.1) is 0 Å². The monoisotopic (exact) mass is 405 g/mol. The van der Waals surface area contributed by atoms with Crippen LogP contribution >= 0.6 is 0 Å². The fraction of sp³-hybridized carbons (Fsp3) is 0.240. The molecule has 0 saturated heterocycles. The van der Waals surface area contributed by atoms with E-state index < -0.39 is 0 Å². The summed E-state index contributed by atoms with van der Waals surface area (Å²) < 4.78 is 16.5. The van der Waals surface area contributed by atoms with Crippen LogP contribution in [-0.4, -0.2) is 26.7 Å². The van der Waals surface area contributed by atoms with Gasteiger partial charge in [-0.25, -0.2) is 0 Å². The maximum atomic E-state index is 12.2. The molecule has 0 aliphatic carbocycles. The number of methoxy groups -OCH3 is 2. The first kappa shape index (κ1) is 21.2. The highest BCUT2D eigenvalue weighted by Gasteiger charge is 2.08. The van der Waals surface area contributed by atoms with E-state index in [0.717, 1.165) is 22.4 Å². The van der Waals surface area contributed by atoms with E-state index in [1.807, 2.05) is 72.8 Å². The van der Waals surface area contributed by atoms with Gasteiger partial charge in [-0.2, -0.15) is 0 Å². The van der Waals surface area contributed by atoms with Crippen molar-refractivity contribution in [3.8, 4) is 17.2 Å². The van der Waals surface area contributed by atoms with Gasteiger partial charge in [-0.1, -0.05) is 48.5 Å². The van der Waals surface area contributed by atoms with Crippen LogP contribution in [-0.2, 0) is 24.2 Å². The molecule has 0 unspecified atom stereocenters. The molecule has 3 aromatic rings. The number of carbonyl (C=O) groups excluding carboxylic acids is 1. The summed E-state index contributed by atoms with van der Waals surface area (Å²) >= 11 is 0. The third-order valence-corrected chi connectivity index (χ3v) is 4.72. The average molecular weight is 405 g/mol. The molecule has 0 radical (unpaired) electrons. The minimum atomic E-state index is -0.00534. The van der Waals surface area contributed by atoms with Crippen LogP contribution in [0.25, 0.3) is 0 Å².